The zero-order chi connectivity index (χ0) is 20.1. The number of aliphatic hydroxyl groups is 5. The number of carbonyl (C=O) groups is 1. The van der Waals surface area contributed by atoms with E-state index in [0.29, 0.717) is 0 Å². The van der Waals surface area contributed by atoms with Crippen LogP contribution in [-0.2, 0) is 18.7 Å². The molecular formula is C8H18CaNNaO13SSe. The van der Waals surface area contributed by atoms with E-state index in [4.69, 9.17) is 48.0 Å². The third-order valence-corrected chi connectivity index (χ3v) is 2.62. The molecule has 0 aromatic carbocycles. The van der Waals surface area contributed by atoms with Crippen molar-refractivity contribution < 1.29 is 90.2 Å². The number of rotatable bonds is 7. The largest absolute Gasteiger partial charge is 2.00 e. The minimum atomic E-state index is -3.80. The van der Waals surface area contributed by atoms with Crippen LogP contribution in [0.3, 0.4) is 0 Å². The molecule has 0 saturated carbocycles. The van der Waals surface area contributed by atoms with Gasteiger partial charge in [0, 0.05) is 6.54 Å². The van der Waals surface area contributed by atoms with Gasteiger partial charge in [0.1, 0.15) is 24.4 Å². The SMILES string of the molecule is NCCS(=O)(=O)O.O=C([O-])C(O)C(O)C(O)C(O)CO.O=[Se]([O-])[O-].[Ca+2].[Na+]. The van der Waals surface area contributed by atoms with Crippen LogP contribution in [0.15, 0.2) is 0 Å². The van der Waals surface area contributed by atoms with Gasteiger partial charge < -0.3 is 41.2 Å². The zero-order valence-corrected chi connectivity index (χ0v) is 20.3. The molecular weight excluding hydrogens is 492 g/mol. The molecule has 0 fully saturated rings. The Bertz CT molecular complexity index is 465. The van der Waals surface area contributed by atoms with Gasteiger partial charge in [-0.3, -0.25) is 4.55 Å². The zero-order valence-electron chi connectivity index (χ0n) is 13.6. The Kier molecular flexibility index (Phi) is 31.4. The summed E-state index contributed by atoms with van der Waals surface area (Å²) in [6.07, 6.45) is -8.08. The molecule has 0 spiro atoms. The topological polar surface area (TPSA) is 285 Å². The van der Waals surface area contributed by atoms with E-state index >= 15 is 0 Å². The van der Waals surface area contributed by atoms with E-state index in [9.17, 15) is 18.3 Å². The first kappa shape index (κ1) is 38.3. The molecule has 18 heteroatoms. The molecule has 26 heavy (non-hydrogen) atoms. The first-order valence-corrected chi connectivity index (χ1v) is 9.37. The fraction of sp³-hybridized carbons (Fsp3) is 0.875. The fourth-order valence-electron chi connectivity index (χ4n) is 0.811. The summed E-state index contributed by atoms with van der Waals surface area (Å²) in [5, 5.41) is 53.4. The summed E-state index contributed by atoms with van der Waals surface area (Å²) in [4.78, 5) is 9.98. The van der Waals surface area contributed by atoms with Crippen LogP contribution in [0.5, 0.6) is 0 Å². The van der Waals surface area contributed by atoms with Crippen LogP contribution in [0, 0.1) is 0 Å². The number of aliphatic carboxylic acids is 1. The van der Waals surface area contributed by atoms with Gasteiger partial charge in [-0.25, -0.2) is 0 Å². The minimum Gasteiger partial charge on any atom is 1.00 e. The molecule has 0 heterocycles. The maximum absolute atomic E-state index is 9.98. The molecule has 14 nitrogen and oxygen atoms in total. The summed E-state index contributed by atoms with van der Waals surface area (Å²) < 4.78 is 52.9. The van der Waals surface area contributed by atoms with Gasteiger partial charge in [0.2, 0.25) is 0 Å². The molecule has 0 saturated heterocycles. The molecule has 0 aromatic heterocycles. The quantitative estimate of drug-likeness (QED) is 0.124. The second-order valence-electron chi connectivity index (χ2n) is 3.77. The molecule has 0 rings (SSSR count). The Morgan fingerprint density at radius 1 is 1.12 bits per heavy atom. The Balaban J connectivity index is -0.0000000963. The number of carboxylic acid groups (broad SMARTS) is 1. The molecule has 0 amide bonds. The van der Waals surface area contributed by atoms with Crippen molar-refractivity contribution in [2.75, 3.05) is 18.9 Å². The van der Waals surface area contributed by atoms with Crippen LogP contribution in [0.1, 0.15) is 0 Å². The molecule has 0 aliphatic carbocycles. The summed E-state index contributed by atoms with van der Waals surface area (Å²) >= 11 is -3.79. The van der Waals surface area contributed by atoms with E-state index in [-0.39, 0.29) is 79.6 Å². The monoisotopic (exact) mass is 511 g/mol. The third kappa shape index (κ3) is 27.9. The van der Waals surface area contributed by atoms with Gasteiger partial charge in [-0.2, -0.15) is 8.42 Å². The van der Waals surface area contributed by atoms with Crippen LogP contribution >= 0.6 is 0 Å². The molecule has 148 valence electrons. The summed E-state index contributed by atoms with van der Waals surface area (Å²) in [6.45, 7) is -0.892. The second kappa shape index (κ2) is 21.4. The van der Waals surface area contributed by atoms with E-state index in [1.54, 1.807) is 0 Å². The maximum atomic E-state index is 9.98. The summed E-state index contributed by atoms with van der Waals surface area (Å²) in [7, 11) is -3.80. The van der Waals surface area contributed by atoms with Gasteiger partial charge >= 0.3 is 94.0 Å². The van der Waals surface area contributed by atoms with E-state index in [1.165, 1.54) is 0 Å². The number of nitrogens with two attached hydrogens (primary N) is 1. The Morgan fingerprint density at radius 3 is 1.62 bits per heavy atom. The minimum absolute atomic E-state index is 0. The molecule has 0 bridgehead atoms. The normalized spacial score (nSPS) is 14.7. The van der Waals surface area contributed by atoms with Crippen molar-refractivity contribution in [1.29, 1.82) is 0 Å². The van der Waals surface area contributed by atoms with Crippen LogP contribution in [0.2, 0.25) is 0 Å². The smallest absolute Gasteiger partial charge is 1.00 e. The predicted octanol–water partition coefficient (Wildman–Crippen LogP) is -12.2. The van der Waals surface area contributed by atoms with Crippen molar-refractivity contribution in [2.45, 2.75) is 24.4 Å². The molecule has 8 N–H and O–H groups in total. The molecule has 0 radical (unpaired) electrons. The van der Waals surface area contributed by atoms with Gasteiger partial charge in [0.25, 0.3) is 10.1 Å². The maximum Gasteiger partial charge on any atom is 2.00 e. The van der Waals surface area contributed by atoms with Gasteiger partial charge in [0.05, 0.1) is 18.3 Å². The first-order valence-electron chi connectivity index (χ1n) is 5.67. The van der Waals surface area contributed by atoms with Crippen molar-refractivity contribution in [3.05, 3.63) is 0 Å². The Hall–Kier alpha value is 1.64. The Morgan fingerprint density at radius 2 is 1.46 bits per heavy atom. The predicted molar refractivity (Wildman–Crippen MR) is 73.8 cm³/mol. The van der Waals surface area contributed by atoms with E-state index in [2.05, 4.69) is 0 Å². The molecule has 0 aliphatic rings. The van der Waals surface area contributed by atoms with Gasteiger partial charge in [0.15, 0.2) is 0 Å². The summed E-state index contributed by atoms with van der Waals surface area (Å²) in [5.74, 6) is -2.33. The van der Waals surface area contributed by atoms with Crippen LogP contribution < -0.4 is 48.8 Å². The summed E-state index contributed by atoms with van der Waals surface area (Å²) in [6, 6.07) is 0. The van der Waals surface area contributed by atoms with E-state index in [0.717, 1.165) is 0 Å². The van der Waals surface area contributed by atoms with E-state index in [1.807, 2.05) is 0 Å². The number of carbonyl (C=O) groups excluding carboxylic acids is 1. The Labute approximate surface area is 205 Å². The van der Waals surface area contributed by atoms with Crippen molar-refractivity contribution in [1.82, 2.24) is 0 Å². The number of carboxylic acids is 1. The van der Waals surface area contributed by atoms with Gasteiger partial charge in [-0.05, 0) is 0 Å². The average molecular weight is 510 g/mol. The van der Waals surface area contributed by atoms with Crippen LogP contribution in [0.25, 0.3) is 0 Å². The average Bonchev–Trinajstić information content (AvgIpc) is 2.42. The molecule has 4 atom stereocenters. The summed E-state index contributed by atoms with van der Waals surface area (Å²) in [5.41, 5.74) is 4.78. The first-order chi connectivity index (χ1) is 10.7. The van der Waals surface area contributed by atoms with E-state index < -0.39 is 61.6 Å². The molecule has 0 aromatic rings. The fourth-order valence-corrected chi connectivity index (χ4v) is 1.11. The standard InChI is InChI=1S/C6H12O7.C2H7NO3S.Ca.Na.H2O3Se/c7-1-2(8)3(9)4(10)5(11)6(12)13;3-1-2-7(4,5)6;;;1-4(2)3/h2-5,7-11H,1H2,(H,12,13);1-3H2,(H,4,5,6);;;(H2,1,2,3)/q;;+2;+1;/p-3. The molecule has 4 unspecified atom stereocenters. The van der Waals surface area contributed by atoms with Gasteiger partial charge in [-0.15, -0.1) is 0 Å². The number of aliphatic hydroxyl groups excluding tert-OH is 5. The van der Waals surface area contributed by atoms with Crippen LogP contribution in [0.4, 0.5) is 0 Å². The van der Waals surface area contributed by atoms with Crippen LogP contribution in [-0.4, -0.2) is 140 Å². The second-order valence-corrected chi connectivity index (χ2v) is 6.20. The molecule has 0 aliphatic heterocycles. The van der Waals surface area contributed by atoms with Crippen molar-refractivity contribution in [2.24, 2.45) is 5.73 Å². The van der Waals surface area contributed by atoms with Crippen molar-refractivity contribution in [3.8, 4) is 0 Å². The van der Waals surface area contributed by atoms with Crippen molar-refractivity contribution >= 4 is 68.3 Å². The van der Waals surface area contributed by atoms with Crippen molar-refractivity contribution in [3.63, 3.8) is 0 Å². The number of hydrogen-bond acceptors (Lipinski definition) is 13. The third-order valence-electron chi connectivity index (χ3n) is 1.87. The number of hydrogen-bond donors (Lipinski definition) is 7. The van der Waals surface area contributed by atoms with Gasteiger partial charge in [-0.1, -0.05) is 0 Å².